The molecule has 2 aromatic rings. The molecule has 0 saturated carbocycles. The van der Waals surface area contributed by atoms with Crippen LogP contribution in [-0.2, 0) is 14.3 Å². The van der Waals surface area contributed by atoms with Crippen LogP contribution in [0.4, 0.5) is 0 Å². The molecule has 0 aliphatic carbocycles. The zero-order valence-corrected chi connectivity index (χ0v) is 15.3. The highest BCUT2D eigenvalue weighted by molar-refractivity contribution is 9.10. The molecule has 0 radical (unpaired) electrons. The first-order chi connectivity index (χ1) is 12.1. The number of amides is 2. The number of carbonyl (C=O) groups is 2. The van der Waals surface area contributed by atoms with Crippen molar-refractivity contribution < 1.29 is 19.1 Å². The molecule has 7 heteroatoms. The van der Waals surface area contributed by atoms with Crippen LogP contribution < -0.4 is 15.6 Å². The molecule has 0 unspecified atom stereocenters. The molecule has 0 atom stereocenters. The molecule has 0 aliphatic rings. The summed E-state index contributed by atoms with van der Waals surface area (Å²) in [4.78, 5) is 23.0. The van der Waals surface area contributed by atoms with Gasteiger partial charge in [-0.1, -0.05) is 36.4 Å². The number of hydrogen-bond donors (Lipinski definition) is 2. The van der Waals surface area contributed by atoms with Crippen LogP contribution in [0.5, 0.6) is 5.75 Å². The first-order valence-corrected chi connectivity index (χ1v) is 8.52. The Bertz CT molecular complexity index is 722. The molecule has 0 bridgehead atoms. The van der Waals surface area contributed by atoms with E-state index in [1.165, 1.54) is 0 Å². The fourth-order valence-corrected chi connectivity index (χ4v) is 2.47. The lowest BCUT2D eigenvalue weighted by Gasteiger charge is -2.11. The Hall–Kier alpha value is -2.38. The van der Waals surface area contributed by atoms with Gasteiger partial charge in [0.1, 0.15) is 12.4 Å². The molecule has 6 nitrogen and oxygen atoms in total. The van der Waals surface area contributed by atoms with Crippen LogP contribution >= 0.6 is 15.9 Å². The van der Waals surface area contributed by atoms with Crippen LogP contribution in [0.1, 0.15) is 6.92 Å². The summed E-state index contributed by atoms with van der Waals surface area (Å²) in [6.45, 7) is 1.88. The molecule has 0 fully saturated rings. The monoisotopic (exact) mass is 406 g/mol. The van der Waals surface area contributed by atoms with Gasteiger partial charge in [-0.05, 0) is 46.1 Å². The molecule has 2 aromatic carbocycles. The molecule has 0 aliphatic heterocycles. The van der Waals surface area contributed by atoms with Crippen molar-refractivity contribution in [3.63, 3.8) is 0 Å². The van der Waals surface area contributed by atoms with Crippen molar-refractivity contribution in [2.75, 3.05) is 19.8 Å². The number of carbonyl (C=O) groups excluding carboxylic acids is 2. The number of ether oxygens (including phenoxy) is 2. The van der Waals surface area contributed by atoms with Crippen molar-refractivity contribution in [1.29, 1.82) is 0 Å². The van der Waals surface area contributed by atoms with Crippen molar-refractivity contribution in [3.05, 3.63) is 53.0 Å². The first kappa shape index (κ1) is 19.0. The van der Waals surface area contributed by atoms with E-state index in [0.29, 0.717) is 12.4 Å². The second-order valence-electron chi connectivity index (χ2n) is 5.03. The maximum absolute atomic E-state index is 11.7. The molecule has 0 spiro atoms. The van der Waals surface area contributed by atoms with Gasteiger partial charge in [0.2, 0.25) is 0 Å². The van der Waals surface area contributed by atoms with Crippen molar-refractivity contribution in [2.45, 2.75) is 6.92 Å². The fraction of sp³-hybridized carbons (Fsp3) is 0.222. The van der Waals surface area contributed by atoms with Gasteiger partial charge >= 0.3 is 0 Å². The molecule has 0 heterocycles. The minimum absolute atomic E-state index is 0.107. The summed E-state index contributed by atoms with van der Waals surface area (Å²) in [5.41, 5.74) is 6.63. The number of halogens is 1. The quantitative estimate of drug-likeness (QED) is 0.692. The minimum atomic E-state index is -0.469. The average molecular weight is 407 g/mol. The topological polar surface area (TPSA) is 76.7 Å². The summed E-state index contributed by atoms with van der Waals surface area (Å²) in [6.07, 6.45) is 0. The Kier molecular flexibility index (Phi) is 7.43. The van der Waals surface area contributed by atoms with Crippen molar-refractivity contribution in [3.8, 4) is 16.9 Å². The summed E-state index contributed by atoms with van der Waals surface area (Å²) in [5.74, 6) is -0.358. The van der Waals surface area contributed by atoms with Crippen molar-refractivity contribution in [2.24, 2.45) is 0 Å². The molecule has 0 saturated heterocycles. The van der Waals surface area contributed by atoms with E-state index in [4.69, 9.17) is 9.47 Å². The van der Waals surface area contributed by atoms with Crippen molar-refractivity contribution >= 4 is 27.7 Å². The van der Waals surface area contributed by atoms with Crippen LogP contribution in [-0.4, -0.2) is 31.6 Å². The minimum Gasteiger partial charge on any atom is -0.483 e. The smallest absolute Gasteiger partial charge is 0.276 e. The SMILES string of the molecule is CCOCC(=O)NNC(=O)COc1ccc(-c2ccccc2)cc1Br. The van der Waals surface area contributed by atoms with Gasteiger partial charge in [-0.3, -0.25) is 20.4 Å². The van der Waals surface area contributed by atoms with E-state index in [-0.39, 0.29) is 13.2 Å². The number of nitrogens with one attached hydrogen (secondary N) is 2. The highest BCUT2D eigenvalue weighted by Gasteiger charge is 2.08. The second-order valence-corrected chi connectivity index (χ2v) is 5.89. The Morgan fingerprint density at radius 1 is 0.960 bits per heavy atom. The summed E-state index contributed by atoms with van der Waals surface area (Å²) in [6, 6.07) is 15.6. The largest absolute Gasteiger partial charge is 0.483 e. The third kappa shape index (κ3) is 6.21. The Balaban J connectivity index is 1.84. The maximum atomic E-state index is 11.7. The summed E-state index contributed by atoms with van der Waals surface area (Å²) < 4.78 is 11.1. The first-order valence-electron chi connectivity index (χ1n) is 7.73. The van der Waals surface area contributed by atoms with Crippen LogP contribution in [0.25, 0.3) is 11.1 Å². The van der Waals surface area contributed by atoms with Gasteiger partial charge in [0, 0.05) is 6.61 Å². The van der Waals surface area contributed by atoms with E-state index < -0.39 is 11.8 Å². The second kappa shape index (κ2) is 9.80. The third-order valence-corrected chi connectivity index (χ3v) is 3.80. The van der Waals surface area contributed by atoms with Gasteiger partial charge in [0.15, 0.2) is 6.61 Å². The fourth-order valence-electron chi connectivity index (χ4n) is 1.98. The summed E-state index contributed by atoms with van der Waals surface area (Å²) >= 11 is 3.44. The number of hydrazine groups is 1. The molecule has 0 aromatic heterocycles. The van der Waals surface area contributed by atoms with Gasteiger partial charge in [0.25, 0.3) is 11.8 Å². The summed E-state index contributed by atoms with van der Waals surface area (Å²) in [5, 5.41) is 0. The summed E-state index contributed by atoms with van der Waals surface area (Å²) in [7, 11) is 0. The van der Waals surface area contributed by atoms with Gasteiger partial charge < -0.3 is 9.47 Å². The molecule has 2 rings (SSSR count). The average Bonchev–Trinajstić information content (AvgIpc) is 2.64. The Morgan fingerprint density at radius 2 is 1.64 bits per heavy atom. The maximum Gasteiger partial charge on any atom is 0.276 e. The molecular weight excluding hydrogens is 388 g/mol. The highest BCUT2D eigenvalue weighted by atomic mass is 79.9. The van der Waals surface area contributed by atoms with Crippen LogP contribution in [0, 0.1) is 0 Å². The molecule has 2 amide bonds. The lowest BCUT2D eigenvalue weighted by Crippen LogP contribution is -2.45. The molecular formula is C18H19BrN2O4. The number of rotatable bonds is 7. The lowest BCUT2D eigenvalue weighted by atomic mass is 10.1. The van der Waals surface area contributed by atoms with E-state index in [2.05, 4.69) is 26.8 Å². The Morgan fingerprint density at radius 3 is 2.28 bits per heavy atom. The predicted octanol–water partition coefficient (Wildman–Crippen LogP) is 2.68. The van der Waals surface area contributed by atoms with Crippen molar-refractivity contribution in [1.82, 2.24) is 10.9 Å². The van der Waals surface area contributed by atoms with Gasteiger partial charge in [-0.2, -0.15) is 0 Å². The van der Waals surface area contributed by atoms with E-state index in [9.17, 15) is 9.59 Å². The zero-order chi connectivity index (χ0) is 18.1. The highest BCUT2D eigenvalue weighted by Crippen LogP contribution is 2.30. The van der Waals surface area contributed by atoms with E-state index in [0.717, 1.165) is 15.6 Å². The zero-order valence-electron chi connectivity index (χ0n) is 13.8. The molecule has 2 N–H and O–H groups in total. The molecule has 25 heavy (non-hydrogen) atoms. The van der Waals surface area contributed by atoms with Gasteiger partial charge in [-0.25, -0.2) is 0 Å². The van der Waals surface area contributed by atoms with E-state index >= 15 is 0 Å². The standard InChI is InChI=1S/C18H19BrN2O4/c1-2-24-11-17(22)20-21-18(23)12-25-16-9-8-14(10-15(16)19)13-6-4-3-5-7-13/h3-10H,2,11-12H2,1H3,(H,20,22)(H,21,23). The predicted molar refractivity (Wildman–Crippen MR) is 97.9 cm³/mol. The van der Waals surface area contributed by atoms with E-state index in [1.54, 1.807) is 13.0 Å². The lowest BCUT2D eigenvalue weighted by molar-refractivity contribution is -0.132. The number of hydrogen-bond acceptors (Lipinski definition) is 4. The Labute approximate surface area is 154 Å². The molecule has 132 valence electrons. The van der Waals surface area contributed by atoms with E-state index in [1.807, 2.05) is 42.5 Å². The third-order valence-electron chi connectivity index (χ3n) is 3.18. The number of benzene rings is 2. The van der Waals surface area contributed by atoms with Gasteiger partial charge in [-0.15, -0.1) is 0 Å². The van der Waals surface area contributed by atoms with Gasteiger partial charge in [0.05, 0.1) is 4.47 Å². The normalized spacial score (nSPS) is 10.2. The van der Waals surface area contributed by atoms with Crippen LogP contribution in [0.15, 0.2) is 53.0 Å². The van der Waals surface area contributed by atoms with Crippen LogP contribution in [0.2, 0.25) is 0 Å². The van der Waals surface area contributed by atoms with Crippen LogP contribution in [0.3, 0.4) is 0 Å².